The molecular weight excluding hydrogens is 276 g/mol. The number of phenols is 1. The molecule has 4 atom stereocenters. The zero-order chi connectivity index (χ0) is 15.9. The molecule has 1 saturated carbocycles. The minimum absolute atomic E-state index is 0.0323. The summed E-state index contributed by atoms with van der Waals surface area (Å²) in [6.45, 7) is 6.84. The van der Waals surface area contributed by atoms with Crippen molar-refractivity contribution in [3.8, 4) is 5.75 Å². The summed E-state index contributed by atoms with van der Waals surface area (Å²) in [6, 6.07) is 5.09. The molecule has 1 aromatic carbocycles. The Hall–Kier alpha value is -1.48. The average Bonchev–Trinajstić information content (AvgIpc) is 2.50. The van der Waals surface area contributed by atoms with Gasteiger partial charge in [0.2, 0.25) is 6.29 Å². The van der Waals surface area contributed by atoms with Crippen LogP contribution in [0.25, 0.3) is 6.08 Å². The highest BCUT2D eigenvalue weighted by Gasteiger charge is 2.44. The summed E-state index contributed by atoms with van der Waals surface area (Å²) in [7, 11) is 0. The molecule has 0 bridgehead atoms. The van der Waals surface area contributed by atoms with Gasteiger partial charge in [-0.1, -0.05) is 46.1 Å². The molecule has 22 heavy (non-hydrogen) atoms. The molecule has 3 rings (SSSR count). The van der Waals surface area contributed by atoms with E-state index in [0.29, 0.717) is 17.4 Å². The van der Waals surface area contributed by atoms with E-state index in [0.717, 1.165) is 17.7 Å². The average molecular weight is 302 g/mol. The van der Waals surface area contributed by atoms with Crippen LogP contribution in [0.3, 0.4) is 0 Å². The van der Waals surface area contributed by atoms with Crippen molar-refractivity contribution in [1.29, 1.82) is 0 Å². The fraction of sp³-hybridized carbons (Fsp3) is 0.579. The predicted octanol–water partition coefficient (Wildman–Crippen LogP) is 4.61. The van der Waals surface area contributed by atoms with Gasteiger partial charge >= 0.3 is 0 Å². The number of aliphatic hydroxyl groups is 1. The van der Waals surface area contributed by atoms with Crippen LogP contribution in [0.1, 0.15) is 63.9 Å². The van der Waals surface area contributed by atoms with Crippen LogP contribution in [0.15, 0.2) is 24.0 Å². The highest BCUT2D eigenvalue weighted by atomic mass is 16.6. The van der Waals surface area contributed by atoms with Crippen molar-refractivity contribution in [3.05, 3.63) is 35.1 Å². The van der Waals surface area contributed by atoms with E-state index in [4.69, 9.17) is 4.74 Å². The van der Waals surface area contributed by atoms with E-state index in [-0.39, 0.29) is 11.2 Å². The van der Waals surface area contributed by atoms with E-state index >= 15 is 0 Å². The Bertz CT molecular complexity index is 592. The maximum Gasteiger partial charge on any atom is 0.224 e. The van der Waals surface area contributed by atoms with Crippen LogP contribution in [0.4, 0.5) is 0 Å². The quantitative estimate of drug-likeness (QED) is 0.839. The summed E-state index contributed by atoms with van der Waals surface area (Å²) in [5.41, 5.74) is 1.55. The number of aromatic hydroxyl groups is 1. The molecule has 0 aromatic heterocycles. The second kappa shape index (κ2) is 5.62. The lowest BCUT2D eigenvalue weighted by molar-refractivity contribution is -0.102. The number of hydrogen-bond acceptors (Lipinski definition) is 3. The van der Waals surface area contributed by atoms with Crippen molar-refractivity contribution in [3.63, 3.8) is 0 Å². The number of fused-ring (bicyclic) bond motifs is 1. The summed E-state index contributed by atoms with van der Waals surface area (Å²) in [5.74, 6) is 2.29. The molecule has 1 aromatic rings. The maximum atomic E-state index is 10.3. The summed E-state index contributed by atoms with van der Waals surface area (Å²) in [5, 5.41) is 19.9. The molecular formula is C19H26O3. The van der Waals surface area contributed by atoms with E-state index in [2.05, 4.69) is 26.8 Å². The lowest BCUT2D eigenvalue weighted by Crippen LogP contribution is -2.38. The molecule has 1 aliphatic carbocycles. The fourth-order valence-electron chi connectivity index (χ4n) is 4.20. The zero-order valence-corrected chi connectivity index (χ0v) is 13.7. The highest BCUT2D eigenvalue weighted by molar-refractivity contribution is 5.60. The Balaban J connectivity index is 1.99. The molecule has 3 heteroatoms. The first-order valence-electron chi connectivity index (χ1n) is 8.35. The topological polar surface area (TPSA) is 49.7 Å². The van der Waals surface area contributed by atoms with Crippen LogP contribution in [-0.2, 0) is 4.74 Å². The normalized spacial score (nSPS) is 34.5. The second-order valence-electron chi connectivity index (χ2n) is 7.06. The van der Waals surface area contributed by atoms with Crippen molar-refractivity contribution >= 4 is 6.08 Å². The molecule has 0 amide bonds. The van der Waals surface area contributed by atoms with Crippen molar-refractivity contribution < 1.29 is 14.9 Å². The van der Waals surface area contributed by atoms with Gasteiger partial charge in [-0.25, -0.2) is 0 Å². The van der Waals surface area contributed by atoms with E-state index in [9.17, 15) is 10.2 Å². The van der Waals surface area contributed by atoms with E-state index in [1.165, 1.54) is 19.3 Å². The molecule has 4 unspecified atom stereocenters. The number of benzene rings is 1. The first kappa shape index (κ1) is 15.4. The molecule has 120 valence electrons. The van der Waals surface area contributed by atoms with Crippen LogP contribution in [0, 0.1) is 17.3 Å². The minimum atomic E-state index is -0.992. The van der Waals surface area contributed by atoms with Crippen molar-refractivity contribution in [2.45, 2.75) is 52.7 Å². The van der Waals surface area contributed by atoms with Crippen molar-refractivity contribution in [1.82, 2.24) is 0 Å². The van der Waals surface area contributed by atoms with Gasteiger partial charge in [-0.2, -0.15) is 0 Å². The molecule has 0 saturated heterocycles. The number of aliphatic hydroxyl groups excluding tert-OH is 1. The summed E-state index contributed by atoms with van der Waals surface area (Å²) >= 11 is 0. The van der Waals surface area contributed by atoms with Gasteiger partial charge in [-0.3, -0.25) is 0 Å². The van der Waals surface area contributed by atoms with E-state index in [1.807, 2.05) is 6.07 Å². The van der Waals surface area contributed by atoms with E-state index in [1.54, 1.807) is 12.1 Å². The lowest BCUT2D eigenvalue weighted by atomic mass is 9.61. The Morgan fingerprint density at radius 1 is 1.36 bits per heavy atom. The maximum absolute atomic E-state index is 10.3. The zero-order valence-electron chi connectivity index (χ0n) is 13.7. The van der Waals surface area contributed by atoms with Crippen LogP contribution in [-0.4, -0.2) is 10.2 Å². The summed E-state index contributed by atoms with van der Waals surface area (Å²) in [6.07, 6.45) is 5.84. The monoisotopic (exact) mass is 302 g/mol. The van der Waals surface area contributed by atoms with Gasteiger partial charge in [-0.05, 0) is 42.0 Å². The van der Waals surface area contributed by atoms with Gasteiger partial charge in [0.25, 0.3) is 0 Å². The second-order valence-corrected chi connectivity index (χ2v) is 7.06. The number of hydrogen-bond donors (Lipinski definition) is 2. The molecule has 0 radical (unpaired) electrons. The highest BCUT2D eigenvalue weighted by Crippen LogP contribution is 2.52. The van der Waals surface area contributed by atoms with Gasteiger partial charge < -0.3 is 14.9 Å². The molecule has 2 N–H and O–H groups in total. The Kier molecular flexibility index (Phi) is 3.94. The smallest absolute Gasteiger partial charge is 0.224 e. The molecule has 1 heterocycles. The Labute approximate surface area is 132 Å². The Morgan fingerprint density at radius 2 is 2.14 bits per heavy atom. The van der Waals surface area contributed by atoms with Crippen LogP contribution in [0.5, 0.6) is 5.75 Å². The minimum Gasteiger partial charge on any atom is -0.508 e. The SMILES string of the molecule is CCC1CCCC(C)(C2=Cc3ccc(O)cc3C(O)O2)C1C. The van der Waals surface area contributed by atoms with Gasteiger partial charge in [0, 0.05) is 11.0 Å². The lowest BCUT2D eigenvalue weighted by Gasteiger charge is -2.46. The third kappa shape index (κ3) is 2.41. The fourth-order valence-corrected chi connectivity index (χ4v) is 4.20. The van der Waals surface area contributed by atoms with Gasteiger partial charge in [0.05, 0.1) is 0 Å². The summed E-state index contributed by atoms with van der Waals surface area (Å²) in [4.78, 5) is 0. The van der Waals surface area contributed by atoms with Gasteiger partial charge in [0.15, 0.2) is 0 Å². The molecule has 2 aliphatic rings. The molecule has 1 aliphatic heterocycles. The Morgan fingerprint density at radius 3 is 2.86 bits per heavy atom. The first-order valence-corrected chi connectivity index (χ1v) is 8.35. The van der Waals surface area contributed by atoms with Gasteiger partial charge in [0.1, 0.15) is 11.5 Å². The number of rotatable bonds is 2. The standard InChI is InChI=1S/C19H26O3/c1-4-13-6-5-9-19(3,12(13)2)17-10-14-7-8-15(20)11-16(14)18(21)22-17/h7-8,10-13,18,20-21H,4-6,9H2,1-3H3. The van der Waals surface area contributed by atoms with Crippen LogP contribution in [0.2, 0.25) is 0 Å². The number of phenolic OH excluding ortho intramolecular Hbond substituents is 1. The van der Waals surface area contributed by atoms with Crippen LogP contribution < -0.4 is 0 Å². The van der Waals surface area contributed by atoms with Crippen molar-refractivity contribution in [2.75, 3.05) is 0 Å². The summed E-state index contributed by atoms with van der Waals surface area (Å²) < 4.78 is 5.88. The number of allylic oxidation sites excluding steroid dienone is 1. The van der Waals surface area contributed by atoms with Crippen molar-refractivity contribution in [2.24, 2.45) is 17.3 Å². The van der Waals surface area contributed by atoms with Crippen LogP contribution >= 0.6 is 0 Å². The predicted molar refractivity (Wildman–Crippen MR) is 87.0 cm³/mol. The largest absolute Gasteiger partial charge is 0.508 e. The molecule has 0 spiro atoms. The first-order chi connectivity index (χ1) is 10.5. The molecule has 1 fully saturated rings. The third-order valence-corrected chi connectivity index (χ3v) is 5.93. The van der Waals surface area contributed by atoms with Gasteiger partial charge in [-0.15, -0.1) is 0 Å². The number of ether oxygens (including phenoxy) is 1. The third-order valence-electron chi connectivity index (χ3n) is 5.93. The van der Waals surface area contributed by atoms with E-state index < -0.39 is 6.29 Å². The molecule has 3 nitrogen and oxygen atoms in total.